The van der Waals surface area contributed by atoms with Crippen LogP contribution in [0, 0.1) is 0 Å². The molecule has 0 aromatic rings. The van der Waals surface area contributed by atoms with E-state index in [9.17, 15) is 22.8 Å². The maximum atomic E-state index is 11.6. The van der Waals surface area contributed by atoms with Gasteiger partial charge in [0.05, 0.1) is 6.42 Å². The van der Waals surface area contributed by atoms with Gasteiger partial charge < -0.3 is 0 Å². The molecular weight excluding hydrogens is 185 g/mol. The van der Waals surface area contributed by atoms with Gasteiger partial charge in [-0.3, -0.25) is 9.59 Å². The average molecular weight is 196 g/mol. The molecule has 0 fully saturated rings. The molecule has 0 saturated carbocycles. The van der Waals surface area contributed by atoms with Crippen LogP contribution in [0.1, 0.15) is 32.6 Å². The SMILES string of the molecule is CCCC(=O)CC(=O)CC(F)(F)F. The van der Waals surface area contributed by atoms with Crippen LogP contribution >= 0.6 is 0 Å². The lowest BCUT2D eigenvalue weighted by Crippen LogP contribution is -2.17. The summed E-state index contributed by atoms with van der Waals surface area (Å²) >= 11 is 0. The molecule has 0 unspecified atom stereocenters. The zero-order valence-electron chi connectivity index (χ0n) is 7.28. The van der Waals surface area contributed by atoms with Crippen molar-refractivity contribution in [1.82, 2.24) is 0 Å². The molecule has 0 aliphatic carbocycles. The van der Waals surface area contributed by atoms with Crippen molar-refractivity contribution in [3.63, 3.8) is 0 Å². The minimum atomic E-state index is -4.50. The number of alkyl halides is 3. The van der Waals surface area contributed by atoms with Crippen molar-refractivity contribution in [2.24, 2.45) is 0 Å². The largest absolute Gasteiger partial charge is 0.395 e. The fraction of sp³-hybridized carbons (Fsp3) is 0.750. The number of hydrogen-bond donors (Lipinski definition) is 0. The van der Waals surface area contributed by atoms with Crippen molar-refractivity contribution in [2.45, 2.75) is 38.8 Å². The summed E-state index contributed by atoms with van der Waals surface area (Å²) in [4.78, 5) is 21.4. The second-order valence-electron chi connectivity index (χ2n) is 2.80. The van der Waals surface area contributed by atoms with Crippen LogP contribution in [0.2, 0.25) is 0 Å². The molecule has 0 bridgehead atoms. The first-order chi connectivity index (χ1) is 5.85. The van der Waals surface area contributed by atoms with Crippen LogP contribution < -0.4 is 0 Å². The maximum Gasteiger partial charge on any atom is 0.395 e. The molecule has 0 aromatic heterocycles. The Labute approximate surface area is 74.1 Å². The van der Waals surface area contributed by atoms with Crippen LogP contribution in [0.25, 0.3) is 0 Å². The normalized spacial score (nSPS) is 11.4. The molecule has 76 valence electrons. The van der Waals surface area contributed by atoms with Crippen molar-refractivity contribution >= 4 is 11.6 Å². The number of carbonyl (C=O) groups excluding carboxylic acids is 2. The second kappa shape index (κ2) is 4.99. The van der Waals surface area contributed by atoms with Gasteiger partial charge in [0.1, 0.15) is 18.0 Å². The molecule has 0 heterocycles. The van der Waals surface area contributed by atoms with Crippen molar-refractivity contribution < 1.29 is 22.8 Å². The first-order valence-corrected chi connectivity index (χ1v) is 3.95. The Kier molecular flexibility index (Phi) is 4.66. The minimum Gasteiger partial charge on any atom is -0.299 e. The Hall–Kier alpha value is -0.870. The second-order valence-corrected chi connectivity index (χ2v) is 2.80. The van der Waals surface area contributed by atoms with Gasteiger partial charge in [0.2, 0.25) is 0 Å². The van der Waals surface area contributed by atoms with Crippen LogP contribution in [0.3, 0.4) is 0 Å². The average Bonchev–Trinajstić information content (AvgIpc) is 1.81. The van der Waals surface area contributed by atoms with E-state index in [1.54, 1.807) is 6.92 Å². The Balaban J connectivity index is 3.82. The first kappa shape index (κ1) is 12.1. The van der Waals surface area contributed by atoms with Gasteiger partial charge in [0, 0.05) is 6.42 Å². The summed E-state index contributed by atoms with van der Waals surface area (Å²) in [7, 11) is 0. The Bertz CT molecular complexity index is 196. The van der Waals surface area contributed by atoms with E-state index in [0.29, 0.717) is 6.42 Å². The van der Waals surface area contributed by atoms with E-state index in [1.807, 2.05) is 0 Å². The zero-order chi connectivity index (χ0) is 10.5. The third-order valence-electron chi connectivity index (χ3n) is 1.32. The van der Waals surface area contributed by atoms with E-state index >= 15 is 0 Å². The number of carbonyl (C=O) groups is 2. The van der Waals surface area contributed by atoms with Gasteiger partial charge in [-0.15, -0.1) is 0 Å². The van der Waals surface area contributed by atoms with Crippen molar-refractivity contribution in [3.8, 4) is 0 Å². The molecule has 0 spiro atoms. The van der Waals surface area contributed by atoms with Gasteiger partial charge in [0.15, 0.2) is 0 Å². The fourth-order valence-electron chi connectivity index (χ4n) is 0.873. The van der Waals surface area contributed by atoms with Gasteiger partial charge >= 0.3 is 6.18 Å². The smallest absolute Gasteiger partial charge is 0.299 e. The van der Waals surface area contributed by atoms with Crippen LogP contribution in [0.4, 0.5) is 13.2 Å². The molecule has 0 saturated heterocycles. The molecule has 0 rings (SSSR count). The molecule has 0 radical (unpaired) electrons. The summed E-state index contributed by atoms with van der Waals surface area (Å²) in [5.74, 6) is -1.47. The highest BCUT2D eigenvalue weighted by Crippen LogP contribution is 2.20. The van der Waals surface area contributed by atoms with Gasteiger partial charge in [-0.25, -0.2) is 0 Å². The molecule has 0 atom stereocenters. The third-order valence-corrected chi connectivity index (χ3v) is 1.32. The maximum absolute atomic E-state index is 11.6. The fourth-order valence-corrected chi connectivity index (χ4v) is 0.873. The van der Waals surface area contributed by atoms with Crippen LogP contribution in [-0.4, -0.2) is 17.7 Å². The lowest BCUT2D eigenvalue weighted by molar-refractivity contribution is -0.152. The number of rotatable bonds is 5. The van der Waals surface area contributed by atoms with E-state index in [1.165, 1.54) is 0 Å². The minimum absolute atomic E-state index is 0.170. The summed E-state index contributed by atoms with van der Waals surface area (Å²) in [6.07, 6.45) is -5.86. The van der Waals surface area contributed by atoms with Crippen LogP contribution in [0.15, 0.2) is 0 Å². The van der Waals surface area contributed by atoms with E-state index in [2.05, 4.69) is 0 Å². The lowest BCUT2D eigenvalue weighted by atomic mass is 10.1. The molecule has 0 N–H and O–H groups in total. The molecule has 0 amide bonds. The predicted molar refractivity (Wildman–Crippen MR) is 40.2 cm³/mol. The summed E-state index contributed by atoms with van der Waals surface area (Å²) in [5, 5.41) is 0. The monoisotopic (exact) mass is 196 g/mol. The molecule has 5 heteroatoms. The number of Topliss-reactive ketones (excluding diaryl/α,β-unsaturated/α-hetero) is 2. The molecule has 0 aromatic carbocycles. The van der Waals surface area contributed by atoms with E-state index in [4.69, 9.17) is 0 Å². The summed E-state index contributed by atoms with van der Waals surface area (Å²) < 4.78 is 34.8. The number of ketones is 2. The Morgan fingerprint density at radius 2 is 1.69 bits per heavy atom. The lowest BCUT2D eigenvalue weighted by Gasteiger charge is -2.03. The molecule has 0 aliphatic rings. The molecule has 2 nitrogen and oxygen atoms in total. The topological polar surface area (TPSA) is 34.1 Å². The van der Waals surface area contributed by atoms with Gasteiger partial charge in [-0.05, 0) is 6.42 Å². The summed E-state index contributed by atoms with van der Waals surface area (Å²) in [5.41, 5.74) is 0. The molecule has 13 heavy (non-hydrogen) atoms. The summed E-state index contributed by atoms with van der Waals surface area (Å²) in [6, 6.07) is 0. The van der Waals surface area contributed by atoms with E-state index < -0.39 is 30.6 Å². The van der Waals surface area contributed by atoms with Crippen molar-refractivity contribution in [1.29, 1.82) is 0 Å². The van der Waals surface area contributed by atoms with E-state index in [0.717, 1.165) is 0 Å². The standard InChI is InChI=1S/C8H11F3O2/c1-2-3-6(12)4-7(13)5-8(9,10)11/h2-5H2,1H3. The quantitative estimate of drug-likeness (QED) is 0.632. The van der Waals surface area contributed by atoms with Gasteiger partial charge in [-0.1, -0.05) is 6.92 Å². The highest BCUT2D eigenvalue weighted by atomic mass is 19.4. The number of halogens is 3. The van der Waals surface area contributed by atoms with Crippen LogP contribution in [-0.2, 0) is 9.59 Å². The molecular formula is C8H11F3O2. The zero-order valence-corrected chi connectivity index (χ0v) is 7.28. The Morgan fingerprint density at radius 1 is 1.15 bits per heavy atom. The van der Waals surface area contributed by atoms with E-state index in [-0.39, 0.29) is 6.42 Å². The summed E-state index contributed by atoms with van der Waals surface area (Å²) in [6.45, 7) is 1.73. The number of hydrogen-bond acceptors (Lipinski definition) is 2. The van der Waals surface area contributed by atoms with Gasteiger partial charge in [0.25, 0.3) is 0 Å². The highest BCUT2D eigenvalue weighted by Gasteiger charge is 2.31. The van der Waals surface area contributed by atoms with Crippen molar-refractivity contribution in [3.05, 3.63) is 0 Å². The van der Waals surface area contributed by atoms with Crippen molar-refractivity contribution in [2.75, 3.05) is 0 Å². The highest BCUT2D eigenvalue weighted by molar-refractivity contribution is 5.99. The predicted octanol–water partition coefficient (Wildman–Crippen LogP) is 2.27. The van der Waals surface area contributed by atoms with Crippen LogP contribution in [0.5, 0.6) is 0 Å². The van der Waals surface area contributed by atoms with Gasteiger partial charge in [-0.2, -0.15) is 13.2 Å². The third kappa shape index (κ3) is 7.49. The Morgan fingerprint density at radius 3 is 2.08 bits per heavy atom. The molecule has 0 aliphatic heterocycles. The first-order valence-electron chi connectivity index (χ1n) is 3.95.